The summed E-state index contributed by atoms with van der Waals surface area (Å²) in [6.45, 7) is 0. The van der Waals surface area contributed by atoms with Crippen LogP contribution in [0.2, 0.25) is 0 Å². The van der Waals surface area contributed by atoms with Crippen LogP contribution < -0.4 is 0 Å². The van der Waals surface area contributed by atoms with Crippen molar-refractivity contribution < 1.29 is 4.39 Å². The highest BCUT2D eigenvalue weighted by atomic mass is 19.1. The maximum Gasteiger partial charge on any atom is 0.131 e. The first-order valence-corrected chi connectivity index (χ1v) is 5.96. The lowest BCUT2D eigenvalue weighted by Crippen LogP contribution is -1.86. The van der Waals surface area contributed by atoms with Gasteiger partial charge in [-0.15, -0.1) is 0 Å². The number of nitrogens with zero attached hydrogens (tertiary/aromatic N) is 2. The first-order chi connectivity index (χ1) is 9.34. The highest BCUT2D eigenvalue weighted by Gasteiger charge is 1.99. The van der Waals surface area contributed by atoms with Gasteiger partial charge in [-0.25, -0.2) is 4.39 Å². The Morgan fingerprint density at radius 3 is 2.79 bits per heavy atom. The SMILES string of the molecule is Fc1ccccc1C=Nc1cccc2cnccc12. The minimum Gasteiger partial charge on any atom is -0.264 e. The van der Waals surface area contributed by atoms with E-state index < -0.39 is 0 Å². The molecule has 2 nitrogen and oxygen atoms in total. The summed E-state index contributed by atoms with van der Waals surface area (Å²) >= 11 is 0. The van der Waals surface area contributed by atoms with E-state index >= 15 is 0 Å². The van der Waals surface area contributed by atoms with Crippen LogP contribution >= 0.6 is 0 Å². The van der Waals surface area contributed by atoms with Crippen molar-refractivity contribution >= 4 is 22.7 Å². The summed E-state index contributed by atoms with van der Waals surface area (Å²) in [5.41, 5.74) is 1.29. The maximum atomic E-state index is 13.5. The van der Waals surface area contributed by atoms with Crippen LogP contribution in [0.15, 0.2) is 65.9 Å². The second-order valence-corrected chi connectivity index (χ2v) is 4.15. The molecule has 0 aliphatic carbocycles. The van der Waals surface area contributed by atoms with Crippen molar-refractivity contribution in [1.29, 1.82) is 0 Å². The summed E-state index contributed by atoms with van der Waals surface area (Å²) in [7, 11) is 0. The van der Waals surface area contributed by atoms with Crippen molar-refractivity contribution in [2.75, 3.05) is 0 Å². The molecule has 0 bridgehead atoms. The number of hydrogen-bond acceptors (Lipinski definition) is 2. The lowest BCUT2D eigenvalue weighted by molar-refractivity contribution is 0.626. The van der Waals surface area contributed by atoms with Crippen molar-refractivity contribution in [3.63, 3.8) is 0 Å². The number of pyridine rings is 1. The number of aliphatic imine (C=N–C) groups is 1. The summed E-state index contributed by atoms with van der Waals surface area (Å²) in [5, 5.41) is 2.02. The molecule has 0 unspecified atom stereocenters. The maximum absolute atomic E-state index is 13.5. The first kappa shape index (κ1) is 11.5. The van der Waals surface area contributed by atoms with E-state index in [4.69, 9.17) is 0 Å². The Kier molecular flexibility index (Phi) is 3.02. The molecule has 0 radical (unpaired) electrons. The van der Waals surface area contributed by atoms with E-state index in [1.54, 1.807) is 36.8 Å². The fourth-order valence-corrected chi connectivity index (χ4v) is 1.94. The smallest absolute Gasteiger partial charge is 0.131 e. The lowest BCUT2D eigenvalue weighted by atomic mass is 10.1. The van der Waals surface area contributed by atoms with Gasteiger partial charge in [-0.2, -0.15) is 0 Å². The molecule has 0 fully saturated rings. The molecule has 92 valence electrons. The number of hydrogen-bond donors (Lipinski definition) is 0. The molecule has 1 heterocycles. The molecule has 0 aliphatic heterocycles. The molecule has 19 heavy (non-hydrogen) atoms. The average molecular weight is 250 g/mol. The Hall–Kier alpha value is -2.55. The Morgan fingerprint density at radius 2 is 1.89 bits per heavy atom. The molecule has 1 aromatic heterocycles. The largest absolute Gasteiger partial charge is 0.264 e. The van der Waals surface area contributed by atoms with Gasteiger partial charge in [0.05, 0.1) is 5.69 Å². The zero-order valence-electron chi connectivity index (χ0n) is 10.1. The van der Waals surface area contributed by atoms with Crippen LogP contribution in [0.4, 0.5) is 10.1 Å². The Labute approximate surface area is 110 Å². The standard InChI is InChI=1S/C16H11FN2/c17-15-6-2-1-4-13(15)11-19-16-7-3-5-12-10-18-9-8-14(12)16/h1-11H. The molecule has 0 spiro atoms. The molecule has 3 heteroatoms. The molecule has 0 saturated carbocycles. The number of aromatic nitrogens is 1. The Bertz CT molecular complexity index is 745. The van der Waals surface area contributed by atoms with E-state index in [9.17, 15) is 4.39 Å². The molecule has 0 saturated heterocycles. The van der Waals surface area contributed by atoms with Gasteiger partial charge in [-0.05, 0) is 18.2 Å². The zero-order chi connectivity index (χ0) is 13.1. The van der Waals surface area contributed by atoms with Crippen LogP contribution in [0.5, 0.6) is 0 Å². The molecule has 3 aromatic rings. The topological polar surface area (TPSA) is 25.2 Å². The summed E-state index contributed by atoms with van der Waals surface area (Å²) in [5.74, 6) is -0.270. The molecule has 2 aromatic carbocycles. The Morgan fingerprint density at radius 1 is 1.00 bits per heavy atom. The molecule has 0 atom stereocenters. The molecular formula is C16H11FN2. The van der Waals surface area contributed by atoms with E-state index in [1.807, 2.05) is 24.3 Å². The fourth-order valence-electron chi connectivity index (χ4n) is 1.94. The summed E-state index contributed by atoms with van der Waals surface area (Å²) in [6.07, 6.45) is 5.06. The summed E-state index contributed by atoms with van der Waals surface area (Å²) in [6, 6.07) is 14.3. The van der Waals surface area contributed by atoms with Crippen molar-refractivity contribution in [3.05, 3.63) is 72.3 Å². The third-order valence-corrected chi connectivity index (χ3v) is 2.91. The van der Waals surface area contributed by atoms with Gasteiger partial charge in [0.25, 0.3) is 0 Å². The second kappa shape index (κ2) is 4.98. The van der Waals surface area contributed by atoms with E-state index in [1.165, 1.54) is 6.07 Å². The fraction of sp³-hybridized carbons (Fsp3) is 0. The number of fused-ring (bicyclic) bond motifs is 1. The quantitative estimate of drug-likeness (QED) is 0.628. The minimum atomic E-state index is -0.270. The van der Waals surface area contributed by atoms with Gasteiger partial charge < -0.3 is 0 Å². The molecule has 0 aliphatic rings. The molecular weight excluding hydrogens is 239 g/mol. The summed E-state index contributed by atoms with van der Waals surface area (Å²) in [4.78, 5) is 8.45. The lowest BCUT2D eigenvalue weighted by Gasteiger charge is -2.01. The minimum absolute atomic E-state index is 0.270. The average Bonchev–Trinajstić information content (AvgIpc) is 2.46. The van der Waals surface area contributed by atoms with Gasteiger partial charge in [0.1, 0.15) is 5.82 Å². The van der Waals surface area contributed by atoms with Gasteiger partial charge in [0, 0.05) is 34.9 Å². The van der Waals surface area contributed by atoms with Crippen LogP contribution in [-0.2, 0) is 0 Å². The number of rotatable bonds is 2. The highest BCUT2D eigenvalue weighted by Crippen LogP contribution is 2.24. The van der Waals surface area contributed by atoms with Crippen molar-refractivity contribution in [2.45, 2.75) is 0 Å². The van der Waals surface area contributed by atoms with Crippen LogP contribution in [0.3, 0.4) is 0 Å². The zero-order valence-corrected chi connectivity index (χ0v) is 10.1. The van der Waals surface area contributed by atoms with E-state index in [-0.39, 0.29) is 5.82 Å². The van der Waals surface area contributed by atoms with Gasteiger partial charge >= 0.3 is 0 Å². The monoisotopic (exact) mass is 250 g/mol. The predicted octanol–water partition coefficient (Wildman–Crippen LogP) is 4.12. The van der Waals surface area contributed by atoms with Crippen LogP contribution in [0, 0.1) is 5.82 Å². The molecule has 3 rings (SSSR count). The first-order valence-electron chi connectivity index (χ1n) is 5.96. The van der Waals surface area contributed by atoms with Crippen LogP contribution in [0.1, 0.15) is 5.56 Å². The van der Waals surface area contributed by atoms with Gasteiger partial charge in [0.15, 0.2) is 0 Å². The van der Waals surface area contributed by atoms with Crippen molar-refractivity contribution in [2.24, 2.45) is 4.99 Å². The van der Waals surface area contributed by atoms with Crippen molar-refractivity contribution in [1.82, 2.24) is 4.98 Å². The van der Waals surface area contributed by atoms with Gasteiger partial charge in [0.2, 0.25) is 0 Å². The Balaban J connectivity index is 2.04. The van der Waals surface area contributed by atoms with Crippen LogP contribution in [0.25, 0.3) is 10.8 Å². The highest BCUT2D eigenvalue weighted by molar-refractivity contribution is 5.94. The molecule has 0 N–H and O–H groups in total. The van der Waals surface area contributed by atoms with E-state index in [0.29, 0.717) is 5.56 Å². The normalized spacial score (nSPS) is 11.2. The van der Waals surface area contributed by atoms with Gasteiger partial charge in [-0.1, -0.05) is 30.3 Å². The van der Waals surface area contributed by atoms with E-state index in [0.717, 1.165) is 16.5 Å². The third kappa shape index (κ3) is 2.36. The second-order valence-electron chi connectivity index (χ2n) is 4.15. The van der Waals surface area contributed by atoms with Crippen LogP contribution in [-0.4, -0.2) is 11.2 Å². The molecule has 0 amide bonds. The number of benzene rings is 2. The van der Waals surface area contributed by atoms with E-state index in [2.05, 4.69) is 9.98 Å². The third-order valence-electron chi connectivity index (χ3n) is 2.91. The van der Waals surface area contributed by atoms with Crippen molar-refractivity contribution in [3.8, 4) is 0 Å². The number of halogens is 1. The van der Waals surface area contributed by atoms with Gasteiger partial charge in [-0.3, -0.25) is 9.98 Å². The summed E-state index contributed by atoms with van der Waals surface area (Å²) < 4.78 is 13.5. The predicted molar refractivity (Wildman–Crippen MR) is 75.4 cm³/mol.